The maximum Gasteiger partial charge on any atom is 0.416 e. The lowest BCUT2D eigenvalue weighted by atomic mass is 10.2. The predicted octanol–water partition coefficient (Wildman–Crippen LogP) is 2.86. The van der Waals surface area contributed by atoms with Crippen molar-refractivity contribution < 1.29 is 13.2 Å². The highest BCUT2D eigenvalue weighted by Crippen LogP contribution is 2.31. The molecule has 0 aliphatic heterocycles. The summed E-state index contributed by atoms with van der Waals surface area (Å²) in [5, 5.41) is 0. The topological polar surface area (TPSA) is 47.1 Å². The van der Waals surface area contributed by atoms with E-state index in [2.05, 4.69) is 23.7 Å². The Kier molecular flexibility index (Phi) is 5.08. The first-order valence-electron chi connectivity index (χ1n) is 7.39. The van der Waals surface area contributed by atoms with E-state index in [1.54, 1.807) is 0 Å². The van der Waals surface area contributed by atoms with Crippen LogP contribution in [0.15, 0.2) is 18.2 Å². The summed E-state index contributed by atoms with van der Waals surface area (Å²) in [7, 11) is 0. The largest absolute Gasteiger partial charge is 0.416 e. The fourth-order valence-electron chi connectivity index (χ4n) is 2.54. The van der Waals surface area contributed by atoms with Crippen LogP contribution < -0.4 is 5.73 Å². The van der Waals surface area contributed by atoms with Gasteiger partial charge in [-0.25, -0.2) is 4.98 Å². The molecule has 0 unspecified atom stereocenters. The SMILES string of the molecule is CCN(CC)CCn1c(CN)nc2cc(C(F)(F)F)ccc21. The maximum absolute atomic E-state index is 12.8. The lowest BCUT2D eigenvalue weighted by Crippen LogP contribution is -2.27. The molecular weight excluding hydrogens is 293 g/mol. The van der Waals surface area contributed by atoms with Gasteiger partial charge in [0.1, 0.15) is 5.82 Å². The molecule has 7 heteroatoms. The van der Waals surface area contributed by atoms with Gasteiger partial charge in [-0.2, -0.15) is 13.2 Å². The minimum atomic E-state index is -4.36. The van der Waals surface area contributed by atoms with Crippen LogP contribution in [0.25, 0.3) is 11.0 Å². The molecule has 4 nitrogen and oxygen atoms in total. The maximum atomic E-state index is 12.8. The number of halogens is 3. The van der Waals surface area contributed by atoms with Gasteiger partial charge in [0, 0.05) is 13.1 Å². The van der Waals surface area contributed by atoms with E-state index in [1.165, 1.54) is 6.07 Å². The van der Waals surface area contributed by atoms with Crippen molar-refractivity contribution in [3.05, 3.63) is 29.6 Å². The standard InChI is InChI=1S/C15H21F3N4/c1-3-21(4-2)7-8-22-13-6-5-11(15(16,17)18)9-12(13)20-14(22)10-19/h5-6,9H,3-4,7-8,10,19H2,1-2H3. The van der Waals surface area contributed by atoms with Crippen LogP contribution in [0.2, 0.25) is 0 Å². The molecule has 2 N–H and O–H groups in total. The third kappa shape index (κ3) is 3.41. The smallest absolute Gasteiger partial charge is 0.326 e. The number of rotatable bonds is 6. The average molecular weight is 314 g/mol. The summed E-state index contributed by atoms with van der Waals surface area (Å²) in [5.74, 6) is 0.612. The number of fused-ring (bicyclic) bond motifs is 1. The van der Waals surface area contributed by atoms with Gasteiger partial charge in [-0.15, -0.1) is 0 Å². The zero-order valence-electron chi connectivity index (χ0n) is 12.8. The van der Waals surface area contributed by atoms with E-state index in [-0.39, 0.29) is 6.54 Å². The number of hydrogen-bond acceptors (Lipinski definition) is 3. The van der Waals surface area contributed by atoms with Crippen molar-refractivity contribution in [1.82, 2.24) is 14.5 Å². The molecule has 0 radical (unpaired) electrons. The Balaban J connectivity index is 2.36. The van der Waals surface area contributed by atoms with Crippen LogP contribution in [-0.4, -0.2) is 34.1 Å². The van der Waals surface area contributed by atoms with Gasteiger partial charge in [0.25, 0.3) is 0 Å². The molecule has 2 aromatic rings. The Morgan fingerprint density at radius 2 is 1.91 bits per heavy atom. The van der Waals surface area contributed by atoms with Crippen LogP contribution >= 0.6 is 0 Å². The van der Waals surface area contributed by atoms with Crippen LogP contribution in [-0.2, 0) is 19.3 Å². The molecule has 1 aromatic carbocycles. The van der Waals surface area contributed by atoms with Crippen molar-refractivity contribution in [3.8, 4) is 0 Å². The highest BCUT2D eigenvalue weighted by molar-refractivity contribution is 5.77. The van der Waals surface area contributed by atoms with Gasteiger partial charge in [-0.1, -0.05) is 13.8 Å². The lowest BCUT2D eigenvalue weighted by Gasteiger charge is -2.19. The number of imidazole rings is 1. The molecule has 0 bridgehead atoms. The van der Waals surface area contributed by atoms with Crippen LogP contribution in [0.4, 0.5) is 13.2 Å². The van der Waals surface area contributed by atoms with E-state index in [9.17, 15) is 13.2 Å². The van der Waals surface area contributed by atoms with Crippen LogP contribution in [0, 0.1) is 0 Å². The van der Waals surface area contributed by atoms with Crippen molar-refractivity contribution in [3.63, 3.8) is 0 Å². The zero-order valence-corrected chi connectivity index (χ0v) is 12.8. The summed E-state index contributed by atoms with van der Waals surface area (Å²) in [5.41, 5.74) is 6.04. The molecule has 2 rings (SSSR count). The van der Waals surface area contributed by atoms with Crippen LogP contribution in [0.5, 0.6) is 0 Å². The number of alkyl halides is 3. The molecule has 0 fully saturated rings. The first-order chi connectivity index (χ1) is 10.4. The van der Waals surface area contributed by atoms with E-state index in [0.717, 1.165) is 31.8 Å². The van der Waals surface area contributed by atoms with Crippen LogP contribution in [0.1, 0.15) is 25.2 Å². The number of benzene rings is 1. The molecule has 0 saturated carbocycles. The third-order valence-electron chi connectivity index (χ3n) is 3.87. The lowest BCUT2D eigenvalue weighted by molar-refractivity contribution is -0.137. The second kappa shape index (κ2) is 6.66. The summed E-state index contributed by atoms with van der Waals surface area (Å²) in [6.07, 6.45) is -4.36. The Hall–Kier alpha value is -1.60. The van der Waals surface area contributed by atoms with Crippen molar-refractivity contribution >= 4 is 11.0 Å². The average Bonchev–Trinajstić information content (AvgIpc) is 2.84. The van der Waals surface area contributed by atoms with E-state index >= 15 is 0 Å². The molecular formula is C15H21F3N4. The zero-order chi connectivity index (χ0) is 16.3. The van der Waals surface area contributed by atoms with Crippen molar-refractivity contribution in [2.75, 3.05) is 19.6 Å². The first-order valence-corrected chi connectivity index (χ1v) is 7.39. The second-order valence-electron chi connectivity index (χ2n) is 5.11. The fourth-order valence-corrected chi connectivity index (χ4v) is 2.54. The summed E-state index contributed by atoms with van der Waals surface area (Å²) < 4.78 is 40.3. The van der Waals surface area contributed by atoms with Crippen LogP contribution in [0.3, 0.4) is 0 Å². The monoisotopic (exact) mass is 314 g/mol. The van der Waals surface area contributed by atoms with Crippen molar-refractivity contribution in [1.29, 1.82) is 0 Å². The molecule has 0 spiro atoms. The van der Waals surface area contributed by atoms with Gasteiger partial charge in [0.15, 0.2) is 0 Å². The molecule has 0 saturated heterocycles. The number of likely N-dealkylation sites (N-methyl/N-ethyl adjacent to an activating group) is 1. The molecule has 1 heterocycles. The number of aromatic nitrogens is 2. The Morgan fingerprint density at radius 1 is 1.23 bits per heavy atom. The van der Waals surface area contributed by atoms with Gasteiger partial charge in [-0.05, 0) is 31.3 Å². The summed E-state index contributed by atoms with van der Waals surface area (Å²) in [6, 6.07) is 3.66. The summed E-state index contributed by atoms with van der Waals surface area (Å²) in [4.78, 5) is 6.50. The molecule has 0 amide bonds. The second-order valence-corrected chi connectivity index (χ2v) is 5.11. The highest BCUT2D eigenvalue weighted by Gasteiger charge is 2.31. The summed E-state index contributed by atoms with van der Waals surface area (Å²) >= 11 is 0. The van der Waals surface area contributed by atoms with E-state index in [4.69, 9.17) is 5.73 Å². The summed E-state index contributed by atoms with van der Waals surface area (Å²) in [6.45, 7) is 7.69. The fraction of sp³-hybridized carbons (Fsp3) is 0.533. The minimum absolute atomic E-state index is 0.203. The quantitative estimate of drug-likeness (QED) is 0.892. The third-order valence-corrected chi connectivity index (χ3v) is 3.87. The van der Waals surface area contributed by atoms with Crippen molar-refractivity contribution in [2.24, 2.45) is 5.73 Å². The Bertz CT molecular complexity index is 629. The van der Waals surface area contributed by atoms with Gasteiger partial charge >= 0.3 is 6.18 Å². The molecule has 0 aliphatic rings. The minimum Gasteiger partial charge on any atom is -0.326 e. The Morgan fingerprint density at radius 3 is 2.45 bits per heavy atom. The van der Waals surface area contributed by atoms with Crippen molar-refractivity contribution in [2.45, 2.75) is 33.1 Å². The van der Waals surface area contributed by atoms with Gasteiger partial charge in [0.2, 0.25) is 0 Å². The van der Waals surface area contributed by atoms with Gasteiger partial charge in [-0.3, -0.25) is 0 Å². The number of nitrogens with two attached hydrogens (primary N) is 1. The number of hydrogen-bond donors (Lipinski definition) is 1. The molecule has 22 heavy (non-hydrogen) atoms. The van der Waals surface area contributed by atoms with Gasteiger partial charge < -0.3 is 15.2 Å². The Labute approximate surface area is 127 Å². The van der Waals surface area contributed by atoms with E-state index in [1.807, 2.05) is 4.57 Å². The predicted molar refractivity (Wildman–Crippen MR) is 80.4 cm³/mol. The number of nitrogens with zero attached hydrogens (tertiary/aromatic N) is 3. The molecule has 122 valence electrons. The highest BCUT2D eigenvalue weighted by atomic mass is 19.4. The molecule has 0 aliphatic carbocycles. The van der Waals surface area contributed by atoms with E-state index in [0.29, 0.717) is 23.4 Å². The molecule has 0 atom stereocenters. The first kappa shape index (κ1) is 16.8. The van der Waals surface area contributed by atoms with E-state index < -0.39 is 11.7 Å². The van der Waals surface area contributed by atoms with Gasteiger partial charge in [0.05, 0.1) is 23.1 Å². The molecule has 1 aromatic heterocycles. The normalized spacial score (nSPS) is 12.5.